The van der Waals surface area contributed by atoms with Gasteiger partial charge in [-0.15, -0.1) is 0 Å². The second kappa shape index (κ2) is 4.30. The second-order valence-corrected chi connectivity index (χ2v) is 2.79. The van der Waals surface area contributed by atoms with Gasteiger partial charge in [0.1, 0.15) is 6.10 Å². The number of hydrogen-bond donors (Lipinski definition) is 0. The molecule has 1 saturated heterocycles. The van der Waals surface area contributed by atoms with Gasteiger partial charge >= 0.3 is 0 Å². The molecule has 0 aliphatic carbocycles. The van der Waals surface area contributed by atoms with Gasteiger partial charge < -0.3 is 9.47 Å². The molecule has 12 heavy (non-hydrogen) atoms. The highest BCUT2D eigenvalue weighted by Gasteiger charge is 2.27. The van der Waals surface area contributed by atoms with Gasteiger partial charge in [-0.1, -0.05) is 12.7 Å². The van der Waals surface area contributed by atoms with Crippen molar-refractivity contribution in [1.82, 2.24) is 0 Å². The highest BCUT2D eigenvalue weighted by molar-refractivity contribution is 7.67. The first-order valence-corrected chi connectivity index (χ1v) is 4.07. The van der Waals surface area contributed by atoms with Crippen molar-refractivity contribution in [3.8, 4) is 0 Å². The maximum atomic E-state index is 10.4. The lowest BCUT2D eigenvalue weighted by atomic mass is 10.3. The number of hydrogen-bond acceptors (Lipinski definition) is 4. The van der Waals surface area contributed by atoms with E-state index in [-0.39, 0.29) is 6.61 Å². The highest BCUT2D eigenvalue weighted by Crippen LogP contribution is 2.10. The summed E-state index contributed by atoms with van der Waals surface area (Å²) in [5.41, 5.74) is 0. The minimum Gasteiger partial charge on any atom is -0.343 e. The average Bonchev–Trinajstić information content (AvgIpc) is 2.55. The smallest absolute Gasteiger partial charge is 0.215 e. The van der Waals surface area contributed by atoms with Gasteiger partial charge in [-0.2, -0.15) is 0 Å². The fourth-order valence-corrected chi connectivity index (χ4v) is 1.16. The summed E-state index contributed by atoms with van der Waals surface area (Å²) in [7, 11) is 0. The molecule has 2 atom stereocenters. The van der Waals surface area contributed by atoms with Crippen LogP contribution in [0.25, 0.3) is 0 Å². The summed E-state index contributed by atoms with van der Waals surface area (Å²) in [6.07, 6.45) is 0.701. The van der Waals surface area contributed by atoms with Crippen LogP contribution >= 0.6 is 0 Å². The van der Waals surface area contributed by atoms with E-state index in [1.54, 1.807) is 0 Å². The van der Waals surface area contributed by atoms with E-state index in [4.69, 9.17) is 9.47 Å². The van der Waals surface area contributed by atoms with Gasteiger partial charge in [0, 0.05) is 0 Å². The summed E-state index contributed by atoms with van der Waals surface area (Å²) < 4.78 is 20.4. The molecule has 0 bridgehead atoms. The van der Waals surface area contributed by atoms with Crippen LogP contribution in [0.3, 0.4) is 0 Å². The molecule has 4 nitrogen and oxygen atoms in total. The Hall–Kier alpha value is -0.780. The molecule has 0 N–H and O–H groups in total. The second-order valence-electron chi connectivity index (χ2n) is 2.15. The third kappa shape index (κ3) is 1.88. The summed E-state index contributed by atoms with van der Waals surface area (Å²) in [6, 6.07) is 0. The predicted octanol–water partition coefficient (Wildman–Crippen LogP) is -0.502. The van der Waals surface area contributed by atoms with Crippen LogP contribution in [0.2, 0.25) is 0 Å². The van der Waals surface area contributed by atoms with Crippen LogP contribution in [-0.2, 0) is 25.5 Å². The summed E-state index contributed by atoms with van der Waals surface area (Å²) >= 11 is 0.307. The summed E-state index contributed by atoms with van der Waals surface area (Å²) in [4.78, 5) is 10.6. The van der Waals surface area contributed by atoms with E-state index >= 15 is 0 Å². The third-order valence-electron chi connectivity index (χ3n) is 1.44. The van der Waals surface area contributed by atoms with Crippen molar-refractivity contribution >= 4 is 22.4 Å². The Balaban J connectivity index is 2.62. The number of carbonyl (C=O) groups excluding carboxylic acids is 1. The molecule has 1 rings (SSSR count). The molecule has 0 amide bonds. The standard InChI is InChI=1S/C7H8O4S/c1-2-6(12-9)5-4-10-7(3-8)11-5/h2-3,5,7H,1,4H2. The molecule has 0 aromatic carbocycles. The molecule has 1 heterocycles. The monoisotopic (exact) mass is 188 g/mol. The molecule has 66 valence electrons. The zero-order valence-corrected chi connectivity index (χ0v) is 7.08. The molecule has 1 fully saturated rings. The van der Waals surface area contributed by atoms with Crippen LogP contribution in [0.1, 0.15) is 0 Å². The maximum Gasteiger partial charge on any atom is 0.215 e. The van der Waals surface area contributed by atoms with Crippen molar-refractivity contribution < 1.29 is 18.5 Å². The molecule has 0 saturated carbocycles. The largest absolute Gasteiger partial charge is 0.343 e. The molecule has 0 aromatic heterocycles. The van der Waals surface area contributed by atoms with E-state index in [9.17, 15) is 9.00 Å². The van der Waals surface area contributed by atoms with Crippen LogP contribution in [0.4, 0.5) is 0 Å². The first kappa shape index (κ1) is 9.31. The number of carbonyl (C=O) groups is 1. The van der Waals surface area contributed by atoms with E-state index < -0.39 is 12.4 Å². The van der Waals surface area contributed by atoms with Gasteiger partial charge in [0.25, 0.3) is 0 Å². The third-order valence-corrected chi connectivity index (χ3v) is 2.06. The molecule has 5 heteroatoms. The Morgan fingerprint density at radius 3 is 2.83 bits per heavy atom. The van der Waals surface area contributed by atoms with Crippen molar-refractivity contribution in [2.75, 3.05) is 6.61 Å². The van der Waals surface area contributed by atoms with Crippen LogP contribution in [0.5, 0.6) is 0 Å². The summed E-state index contributed by atoms with van der Waals surface area (Å²) in [6.45, 7) is 3.68. The van der Waals surface area contributed by atoms with E-state index in [2.05, 4.69) is 6.58 Å². The summed E-state index contributed by atoms with van der Waals surface area (Å²) in [5, 5.41) is 0. The molecule has 2 unspecified atom stereocenters. The normalized spacial score (nSPS) is 28.0. The maximum absolute atomic E-state index is 10.4. The van der Waals surface area contributed by atoms with Gasteiger partial charge in [0.2, 0.25) is 6.29 Å². The lowest BCUT2D eigenvalue weighted by molar-refractivity contribution is -0.131. The molecule has 0 spiro atoms. The highest BCUT2D eigenvalue weighted by atomic mass is 32.1. The van der Waals surface area contributed by atoms with Crippen molar-refractivity contribution in [2.45, 2.75) is 12.4 Å². The number of ether oxygens (including phenoxy) is 2. The Kier molecular flexibility index (Phi) is 3.33. The van der Waals surface area contributed by atoms with Gasteiger partial charge in [-0.3, -0.25) is 4.79 Å². The molecular formula is C7H8O4S. The summed E-state index contributed by atoms with van der Waals surface area (Å²) in [5.74, 6) is 0. The van der Waals surface area contributed by atoms with Gasteiger partial charge in [0.05, 0.1) is 22.7 Å². The van der Waals surface area contributed by atoms with Crippen molar-refractivity contribution in [1.29, 1.82) is 0 Å². The Morgan fingerprint density at radius 1 is 1.67 bits per heavy atom. The molecule has 1 aliphatic rings. The first-order chi connectivity index (χ1) is 5.81. The Labute approximate surface area is 73.2 Å². The lowest BCUT2D eigenvalue weighted by Crippen LogP contribution is -2.21. The van der Waals surface area contributed by atoms with Crippen molar-refractivity contribution in [3.05, 3.63) is 12.7 Å². The van der Waals surface area contributed by atoms with E-state index in [0.717, 1.165) is 0 Å². The fraction of sp³-hybridized carbons (Fsp3) is 0.429. The first-order valence-electron chi connectivity index (χ1n) is 3.33. The minimum atomic E-state index is -0.836. The van der Waals surface area contributed by atoms with Crippen molar-refractivity contribution in [3.63, 3.8) is 0 Å². The molecule has 0 radical (unpaired) electrons. The van der Waals surface area contributed by atoms with Gasteiger partial charge in [0.15, 0.2) is 6.29 Å². The molecular weight excluding hydrogens is 180 g/mol. The molecule has 1 aliphatic heterocycles. The van der Waals surface area contributed by atoms with Crippen LogP contribution in [0, 0.1) is 0 Å². The SMILES string of the molecule is C=CC(=S=O)C1COC(C=O)O1. The van der Waals surface area contributed by atoms with E-state index in [1.165, 1.54) is 6.08 Å². The number of aldehydes is 1. The lowest BCUT2D eigenvalue weighted by Gasteiger charge is -2.04. The van der Waals surface area contributed by atoms with Crippen LogP contribution in [0.15, 0.2) is 12.7 Å². The molecule has 0 aromatic rings. The topological polar surface area (TPSA) is 52.6 Å². The number of rotatable bonds is 3. The van der Waals surface area contributed by atoms with Crippen molar-refractivity contribution in [2.24, 2.45) is 0 Å². The van der Waals surface area contributed by atoms with E-state index in [1.807, 2.05) is 0 Å². The fourth-order valence-electron chi connectivity index (χ4n) is 0.862. The van der Waals surface area contributed by atoms with Crippen LogP contribution < -0.4 is 0 Å². The average molecular weight is 188 g/mol. The van der Waals surface area contributed by atoms with Crippen LogP contribution in [-0.4, -0.2) is 34.4 Å². The Morgan fingerprint density at radius 2 is 2.42 bits per heavy atom. The minimum absolute atomic E-state index is 0.236. The predicted molar refractivity (Wildman–Crippen MR) is 44.0 cm³/mol. The van der Waals surface area contributed by atoms with E-state index in [0.29, 0.717) is 22.4 Å². The zero-order valence-electron chi connectivity index (χ0n) is 6.26. The van der Waals surface area contributed by atoms with Gasteiger partial charge in [-0.25, -0.2) is 4.21 Å². The zero-order chi connectivity index (χ0) is 8.97. The van der Waals surface area contributed by atoms with Gasteiger partial charge in [-0.05, 0) is 0 Å². The Bertz CT molecular complexity index is 244. The quantitative estimate of drug-likeness (QED) is 0.340.